The van der Waals surface area contributed by atoms with Crippen LogP contribution < -0.4 is 5.32 Å². The number of hydrogen-bond donors (Lipinski definition) is 1. The number of anilines is 1. The molecule has 11 heteroatoms. The number of piperazine rings is 1. The lowest BCUT2D eigenvalue weighted by Crippen LogP contribution is -2.49. The fourth-order valence-corrected chi connectivity index (χ4v) is 5.36. The Morgan fingerprint density at radius 1 is 0.939 bits per heavy atom. The van der Waals surface area contributed by atoms with Crippen LogP contribution >= 0.6 is 0 Å². The van der Waals surface area contributed by atoms with Gasteiger partial charge in [0.05, 0.1) is 11.4 Å². The summed E-state index contributed by atoms with van der Waals surface area (Å²) < 4.78 is 51.9. The second-order valence-corrected chi connectivity index (χ2v) is 11.8. The topological polar surface area (TPSA) is 107 Å². The standard InChI is InChI=1S/C22H28N4O5S2/c1-24(2)33(30,31)21-10-8-20(9-11-21)23-22(27)18-25-13-15-26(16-14-25)32(28,29)17-12-19-6-4-3-5-7-19/h3-12,17H,13-16,18H2,1-2H3,(H,23,27). The van der Waals surface area contributed by atoms with Gasteiger partial charge in [-0.25, -0.2) is 21.1 Å². The molecule has 1 fully saturated rings. The molecule has 1 amide bonds. The van der Waals surface area contributed by atoms with E-state index in [2.05, 4.69) is 5.32 Å². The zero-order valence-corrected chi connectivity index (χ0v) is 20.2. The van der Waals surface area contributed by atoms with Crippen LogP contribution in [-0.4, -0.2) is 83.1 Å². The zero-order chi connectivity index (χ0) is 24.1. The van der Waals surface area contributed by atoms with Crippen LogP contribution in [0.4, 0.5) is 5.69 Å². The van der Waals surface area contributed by atoms with Crippen molar-refractivity contribution < 1.29 is 21.6 Å². The highest BCUT2D eigenvalue weighted by atomic mass is 32.2. The van der Waals surface area contributed by atoms with E-state index in [0.717, 1.165) is 9.87 Å². The molecule has 33 heavy (non-hydrogen) atoms. The Bertz CT molecular complexity index is 1190. The molecule has 1 aliphatic rings. The normalized spacial score (nSPS) is 16.3. The van der Waals surface area contributed by atoms with E-state index >= 15 is 0 Å². The number of hydrogen-bond acceptors (Lipinski definition) is 6. The molecular formula is C22H28N4O5S2. The largest absolute Gasteiger partial charge is 0.325 e. The van der Waals surface area contributed by atoms with Gasteiger partial charge >= 0.3 is 0 Å². The highest BCUT2D eigenvalue weighted by Gasteiger charge is 2.26. The number of carbonyl (C=O) groups is 1. The van der Waals surface area contributed by atoms with Gasteiger partial charge in [-0.05, 0) is 35.9 Å². The third-order valence-corrected chi connectivity index (χ3v) is 8.60. The molecule has 1 N–H and O–H groups in total. The van der Waals surface area contributed by atoms with Crippen molar-refractivity contribution in [3.05, 3.63) is 65.6 Å². The second kappa shape index (κ2) is 10.6. The quantitative estimate of drug-likeness (QED) is 0.598. The predicted molar refractivity (Wildman–Crippen MR) is 128 cm³/mol. The van der Waals surface area contributed by atoms with Crippen molar-refractivity contribution in [1.82, 2.24) is 13.5 Å². The fourth-order valence-electron chi connectivity index (χ4n) is 3.28. The molecule has 0 saturated carbocycles. The van der Waals surface area contributed by atoms with Crippen molar-refractivity contribution in [2.75, 3.05) is 52.1 Å². The molecule has 2 aromatic rings. The first-order chi connectivity index (χ1) is 15.6. The van der Waals surface area contributed by atoms with Gasteiger partial charge in [0.15, 0.2) is 0 Å². The first kappa shape index (κ1) is 25.1. The van der Waals surface area contributed by atoms with Gasteiger partial charge < -0.3 is 5.32 Å². The number of nitrogens with one attached hydrogen (secondary N) is 1. The summed E-state index contributed by atoms with van der Waals surface area (Å²) in [6.07, 6.45) is 1.57. The van der Waals surface area contributed by atoms with Crippen LogP contribution in [0.3, 0.4) is 0 Å². The Labute approximate surface area is 195 Å². The Hall–Kier alpha value is -2.57. The van der Waals surface area contributed by atoms with Gasteiger partial charge in [-0.2, -0.15) is 4.31 Å². The van der Waals surface area contributed by atoms with E-state index in [1.165, 1.54) is 48.1 Å². The summed E-state index contributed by atoms with van der Waals surface area (Å²) in [5.74, 6) is -0.251. The smallest absolute Gasteiger partial charge is 0.242 e. The van der Waals surface area contributed by atoms with E-state index in [-0.39, 0.29) is 17.3 Å². The molecule has 0 bridgehead atoms. The average molecular weight is 493 g/mol. The van der Waals surface area contributed by atoms with E-state index < -0.39 is 20.0 Å². The van der Waals surface area contributed by atoms with Crippen molar-refractivity contribution in [3.8, 4) is 0 Å². The molecule has 2 aromatic carbocycles. The van der Waals surface area contributed by atoms with E-state index in [1.807, 2.05) is 35.2 Å². The van der Waals surface area contributed by atoms with Gasteiger partial charge in [0, 0.05) is 51.4 Å². The minimum atomic E-state index is -3.53. The minimum absolute atomic E-state index is 0.117. The van der Waals surface area contributed by atoms with Crippen LogP contribution in [0.15, 0.2) is 64.9 Å². The minimum Gasteiger partial charge on any atom is -0.325 e. The molecule has 3 rings (SSSR count). The summed E-state index contributed by atoms with van der Waals surface area (Å²) in [5, 5.41) is 3.96. The Morgan fingerprint density at radius 3 is 2.12 bits per heavy atom. The molecule has 0 spiro atoms. The van der Waals surface area contributed by atoms with Crippen molar-refractivity contribution >= 4 is 37.7 Å². The molecule has 0 atom stereocenters. The van der Waals surface area contributed by atoms with Crippen LogP contribution in [0.5, 0.6) is 0 Å². The van der Waals surface area contributed by atoms with Gasteiger partial charge in [-0.15, -0.1) is 0 Å². The van der Waals surface area contributed by atoms with E-state index in [1.54, 1.807) is 6.08 Å². The third kappa shape index (κ3) is 6.71. The van der Waals surface area contributed by atoms with Crippen molar-refractivity contribution in [3.63, 3.8) is 0 Å². The molecule has 0 radical (unpaired) electrons. The monoisotopic (exact) mass is 492 g/mol. The van der Waals surface area contributed by atoms with Gasteiger partial charge in [0.1, 0.15) is 0 Å². The van der Waals surface area contributed by atoms with Crippen LogP contribution in [0.2, 0.25) is 0 Å². The maximum absolute atomic E-state index is 12.6. The molecular weight excluding hydrogens is 464 g/mol. The molecule has 1 saturated heterocycles. The summed E-state index contributed by atoms with van der Waals surface area (Å²) >= 11 is 0. The van der Waals surface area contributed by atoms with E-state index in [9.17, 15) is 21.6 Å². The first-order valence-corrected chi connectivity index (χ1v) is 13.3. The summed E-state index contributed by atoms with van der Waals surface area (Å²) in [6, 6.07) is 15.2. The highest BCUT2D eigenvalue weighted by molar-refractivity contribution is 7.92. The second-order valence-electron chi connectivity index (χ2n) is 7.79. The van der Waals surface area contributed by atoms with Crippen molar-refractivity contribution in [2.45, 2.75) is 4.90 Å². The summed E-state index contributed by atoms with van der Waals surface area (Å²) in [5.41, 5.74) is 1.30. The number of carbonyl (C=O) groups excluding carboxylic acids is 1. The first-order valence-electron chi connectivity index (χ1n) is 10.4. The van der Waals surface area contributed by atoms with Gasteiger partial charge in [0.25, 0.3) is 0 Å². The molecule has 178 valence electrons. The number of benzene rings is 2. The third-order valence-electron chi connectivity index (χ3n) is 5.21. The summed E-state index contributed by atoms with van der Waals surface area (Å²) in [7, 11) is -4.15. The summed E-state index contributed by atoms with van der Waals surface area (Å²) in [4.78, 5) is 14.4. The average Bonchev–Trinajstić information content (AvgIpc) is 2.79. The maximum atomic E-state index is 12.6. The predicted octanol–water partition coefficient (Wildman–Crippen LogP) is 1.49. The van der Waals surface area contributed by atoms with Gasteiger partial charge in [-0.1, -0.05) is 30.3 Å². The highest BCUT2D eigenvalue weighted by Crippen LogP contribution is 2.17. The van der Waals surface area contributed by atoms with Crippen LogP contribution in [0.25, 0.3) is 6.08 Å². The molecule has 0 unspecified atom stereocenters. The Kier molecular flexibility index (Phi) is 8.03. The molecule has 1 aliphatic heterocycles. The Balaban J connectivity index is 1.49. The van der Waals surface area contributed by atoms with Gasteiger partial charge in [0.2, 0.25) is 26.0 Å². The number of rotatable bonds is 8. The number of sulfonamides is 2. The SMILES string of the molecule is CN(C)S(=O)(=O)c1ccc(NC(=O)CN2CCN(S(=O)(=O)C=Cc3ccccc3)CC2)cc1. The lowest BCUT2D eigenvalue weighted by molar-refractivity contribution is -0.117. The Morgan fingerprint density at radius 2 is 1.55 bits per heavy atom. The molecule has 9 nitrogen and oxygen atoms in total. The van der Waals surface area contributed by atoms with E-state index in [4.69, 9.17) is 0 Å². The maximum Gasteiger partial charge on any atom is 0.242 e. The lowest BCUT2D eigenvalue weighted by atomic mass is 10.2. The number of amides is 1. The summed E-state index contributed by atoms with van der Waals surface area (Å²) in [6.45, 7) is 1.58. The van der Waals surface area contributed by atoms with Gasteiger partial charge in [-0.3, -0.25) is 9.69 Å². The van der Waals surface area contributed by atoms with Crippen LogP contribution in [0, 0.1) is 0 Å². The van der Waals surface area contributed by atoms with E-state index in [0.29, 0.717) is 31.9 Å². The molecule has 1 heterocycles. The number of nitrogens with zero attached hydrogens (tertiary/aromatic N) is 3. The van der Waals surface area contributed by atoms with Crippen LogP contribution in [0.1, 0.15) is 5.56 Å². The lowest BCUT2D eigenvalue weighted by Gasteiger charge is -2.32. The van der Waals surface area contributed by atoms with Crippen LogP contribution in [-0.2, 0) is 24.8 Å². The zero-order valence-electron chi connectivity index (χ0n) is 18.6. The van der Waals surface area contributed by atoms with Crippen molar-refractivity contribution in [2.24, 2.45) is 0 Å². The fraction of sp³-hybridized carbons (Fsp3) is 0.318. The molecule has 0 aliphatic carbocycles. The van der Waals surface area contributed by atoms with Crippen molar-refractivity contribution in [1.29, 1.82) is 0 Å². The molecule has 0 aromatic heterocycles.